The number of carboxylic acid groups (broad SMARTS) is 1. The van der Waals surface area contributed by atoms with E-state index in [0.29, 0.717) is 11.3 Å². The van der Waals surface area contributed by atoms with E-state index in [1.54, 1.807) is 30.3 Å². The van der Waals surface area contributed by atoms with Gasteiger partial charge in [0.2, 0.25) is 0 Å². The van der Waals surface area contributed by atoms with E-state index in [1.807, 2.05) is 32.0 Å². The third-order valence-electron chi connectivity index (χ3n) is 5.03. The summed E-state index contributed by atoms with van der Waals surface area (Å²) >= 11 is 0. The summed E-state index contributed by atoms with van der Waals surface area (Å²) in [6.07, 6.45) is 1.61. The first-order valence-corrected chi connectivity index (χ1v) is 10.1. The minimum Gasteiger partial charge on any atom is -0.545 e. The summed E-state index contributed by atoms with van der Waals surface area (Å²) in [5, 5.41) is 16.9. The zero-order valence-corrected chi connectivity index (χ0v) is 17.4. The van der Waals surface area contributed by atoms with Crippen molar-refractivity contribution in [2.24, 2.45) is 0 Å². The SMILES string of the molecule is CCc1cccc(CC)c1NC(=O)c1ccc(NC(=O)c2ccccc2C(=O)[O-])cc1. The fraction of sp³-hybridized carbons (Fsp3) is 0.160. The Morgan fingerprint density at radius 1 is 0.710 bits per heavy atom. The molecule has 6 heteroatoms. The van der Waals surface area contributed by atoms with Gasteiger partial charge in [-0.3, -0.25) is 9.59 Å². The van der Waals surface area contributed by atoms with Crippen LogP contribution in [0.15, 0.2) is 66.7 Å². The highest BCUT2D eigenvalue weighted by Crippen LogP contribution is 2.23. The molecule has 0 aliphatic rings. The fourth-order valence-corrected chi connectivity index (χ4v) is 3.35. The quantitative estimate of drug-likeness (QED) is 0.615. The Morgan fingerprint density at radius 2 is 1.29 bits per heavy atom. The molecular formula is C25H23N2O4-. The Bertz CT molecular complexity index is 1100. The molecule has 0 unspecified atom stereocenters. The van der Waals surface area contributed by atoms with Gasteiger partial charge >= 0.3 is 0 Å². The van der Waals surface area contributed by atoms with Crippen LogP contribution in [-0.4, -0.2) is 17.8 Å². The zero-order valence-electron chi connectivity index (χ0n) is 17.4. The number of anilines is 2. The van der Waals surface area contributed by atoms with Gasteiger partial charge in [0.25, 0.3) is 11.8 Å². The van der Waals surface area contributed by atoms with Crippen LogP contribution in [0, 0.1) is 0 Å². The Morgan fingerprint density at radius 3 is 1.84 bits per heavy atom. The van der Waals surface area contributed by atoms with Gasteiger partial charge in [-0.25, -0.2) is 0 Å². The molecule has 3 aromatic rings. The van der Waals surface area contributed by atoms with E-state index < -0.39 is 11.9 Å². The molecule has 0 heterocycles. The van der Waals surface area contributed by atoms with Crippen molar-refractivity contribution >= 4 is 29.2 Å². The summed E-state index contributed by atoms with van der Waals surface area (Å²) in [6, 6.07) is 18.2. The lowest BCUT2D eigenvalue weighted by Crippen LogP contribution is -2.26. The van der Waals surface area contributed by atoms with E-state index in [0.717, 1.165) is 29.7 Å². The van der Waals surface area contributed by atoms with Crippen molar-refractivity contribution in [1.29, 1.82) is 0 Å². The highest BCUT2D eigenvalue weighted by atomic mass is 16.4. The average molecular weight is 415 g/mol. The predicted molar refractivity (Wildman–Crippen MR) is 118 cm³/mol. The molecule has 0 spiro atoms. The number of benzene rings is 3. The normalized spacial score (nSPS) is 10.4. The molecule has 2 N–H and O–H groups in total. The van der Waals surface area contributed by atoms with Crippen molar-refractivity contribution in [1.82, 2.24) is 0 Å². The summed E-state index contributed by atoms with van der Waals surface area (Å²) < 4.78 is 0. The first-order valence-electron chi connectivity index (χ1n) is 10.1. The molecule has 0 aromatic heterocycles. The second-order valence-electron chi connectivity index (χ2n) is 6.98. The molecule has 0 saturated carbocycles. The van der Waals surface area contributed by atoms with Crippen LogP contribution in [0.2, 0.25) is 0 Å². The number of aromatic carboxylic acids is 1. The van der Waals surface area contributed by atoms with E-state index in [4.69, 9.17) is 0 Å². The molecule has 0 fully saturated rings. The molecule has 6 nitrogen and oxygen atoms in total. The van der Waals surface area contributed by atoms with Crippen molar-refractivity contribution in [2.45, 2.75) is 26.7 Å². The van der Waals surface area contributed by atoms with E-state index in [1.165, 1.54) is 18.2 Å². The van der Waals surface area contributed by atoms with Crippen molar-refractivity contribution in [3.05, 3.63) is 94.5 Å². The largest absolute Gasteiger partial charge is 0.545 e. The molecule has 3 rings (SSSR count). The molecule has 2 amide bonds. The number of hydrogen-bond donors (Lipinski definition) is 2. The van der Waals surface area contributed by atoms with Gasteiger partial charge in [-0.2, -0.15) is 0 Å². The fourth-order valence-electron chi connectivity index (χ4n) is 3.35. The standard InChI is InChI=1S/C25H24N2O4/c1-3-16-8-7-9-17(4-2)22(16)27-23(28)18-12-14-19(15-13-18)26-24(29)20-10-5-6-11-21(20)25(30)31/h5-15H,3-4H2,1-2H3,(H,26,29)(H,27,28)(H,30,31)/p-1. The molecule has 158 valence electrons. The van der Waals surface area contributed by atoms with Crippen LogP contribution >= 0.6 is 0 Å². The Kier molecular flexibility index (Phi) is 6.82. The summed E-state index contributed by atoms with van der Waals surface area (Å²) in [7, 11) is 0. The van der Waals surface area contributed by atoms with Crippen molar-refractivity contribution < 1.29 is 19.5 Å². The molecule has 31 heavy (non-hydrogen) atoms. The van der Waals surface area contributed by atoms with E-state index in [-0.39, 0.29) is 17.0 Å². The van der Waals surface area contributed by atoms with Crippen molar-refractivity contribution in [3.8, 4) is 0 Å². The number of rotatable bonds is 7. The predicted octanol–water partition coefficient (Wildman–Crippen LogP) is 3.68. The van der Waals surface area contributed by atoms with E-state index in [2.05, 4.69) is 10.6 Å². The molecular weight excluding hydrogens is 392 g/mol. The second-order valence-corrected chi connectivity index (χ2v) is 6.98. The highest BCUT2D eigenvalue weighted by molar-refractivity contribution is 6.10. The summed E-state index contributed by atoms with van der Waals surface area (Å²) in [4.78, 5) is 36.4. The molecule has 0 atom stereocenters. The Balaban J connectivity index is 1.75. The van der Waals surface area contributed by atoms with E-state index in [9.17, 15) is 19.5 Å². The molecule has 0 bridgehead atoms. The van der Waals surface area contributed by atoms with Gasteiger partial charge in [-0.1, -0.05) is 50.2 Å². The van der Waals surface area contributed by atoms with Crippen LogP contribution in [0.25, 0.3) is 0 Å². The minimum absolute atomic E-state index is 0.00703. The van der Waals surface area contributed by atoms with Crippen molar-refractivity contribution in [2.75, 3.05) is 10.6 Å². The first kappa shape index (κ1) is 21.8. The molecule has 0 saturated heterocycles. The van der Waals surface area contributed by atoms with Crippen LogP contribution < -0.4 is 15.7 Å². The maximum Gasteiger partial charge on any atom is 0.256 e. The summed E-state index contributed by atoms with van der Waals surface area (Å²) in [5.74, 6) is -2.23. The lowest BCUT2D eigenvalue weighted by molar-refractivity contribution is -0.255. The van der Waals surface area contributed by atoms with Gasteiger partial charge in [-0.05, 0) is 54.3 Å². The van der Waals surface area contributed by atoms with Gasteiger partial charge in [0.15, 0.2) is 0 Å². The second kappa shape index (κ2) is 9.71. The number of carboxylic acids is 1. The van der Waals surface area contributed by atoms with Crippen LogP contribution in [0.4, 0.5) is 11.4 Å². The smallest absolute Gasteiger partial charge is 0.256 e. The number of aryl methyl sites for hydroxylation is 2. The molecule has 0 aliphatic heterocycles. The van der Waals surface area contributed by atoms with Crippen LogP contribution in [0.1, 0.15) is 56.0 Å². The number of carbonyl (C=O) groups excluding carboxylic acids is 3. The summed E-state index contributed by atoms with van der Waals surface area (Å²) in [5.41, 5.74) is 3.70. The number of para-hydroxylation sites is 1. The number of carbonyl (C=O) groups is 3. The molecule has 0 radical (unpaired) electrons. The lowest BCUT2D eigenvalue weighted by Gasteiger charge is -2.15. The van der Waals surface area contributed by atoms with Gasteiger partial charge in [0.05, 0.1) is 5.97 Å². The van der Waals surface area contributed by atoms with Crippen LogP contribution in [0.3, 0.4) is 0 Å². The maximum atomic E-state index is 12.8. The monoisotopic (exact) mass is 415 g/mol. The third kappa shape index (κ3) is 4.98. The number of amides is 2. The van der Waals surface area contributed by atoms with Gasteiger partial charge < -0.3 is 20.5 Å². The number of hydrogen-bond acceptors (Lipinski definition) is 4. The van der Waals surface area contributed by atoms with Crippen molar-refractivity contribution in [3.63, 3.8) is 0 Å². The van der Waals surface area contributed by atoms with Crippen LogP contribution in [0.5, 0.6) is 0 Å². The maximum absolute atomic E-state index is 12.8. The van der Waals surface area contributed by atoms with Gasteiger partial charge in [0, 0.05) is 28.1 Å². The Hall–Kier alpha value is -3.93. The van der Waals surface area contributed by atoms with Crippen LogP contribution in [-0.2, 0) is 12.8 Å². The molecule has 3 aromatic carbocycles. The zero-order chi connectivity index (χ0) is 22.4. The Labute approximate surface area is 180 Å². The summed E-state index contributed by atoms with van der Waals surface area (Å²) in [6.45, 7) is 4.08. The van der Waals surface area contributed by atoms with Gasteiger partial charge in [0.1, 0.15) is 0 Å². The first-order chi connectivity index (χ1) is 14.9. The van der Waals surface area contributed by atoms with Gasteiger partial charge in [-0.15, -0.1) is 0 Å². The molecule has 0 aliphatic carbocycles. The highest BCUT2D eigenvalue weighted by Gasteiger charge is 2.14. The average Bonchev–Trinajstić information content (AvgIpc) is 2.79. The lowest BCUT2D eigenvalue weighted by atomic mass is 10.0. The number of nitrogens with one attached hydrogen (secondary N) is 2. The topological polar surface area (TPSA) is 98.3 Å². The third-order valence-corrected chi connectivity index (χ3v) is 5.03. The van der Waals surface area contributed by atoms with E-state index >= 15 is 0 Å². The minimum atomic E-state index is -1.42.